The molecule has 0 spiro atoms. The van der Waals surface area contributed by atoms with Crippen LogP contribution in [-0.4, -0.2) is 25.5 Å². The third-order valence-corrected chi connectivity index (χ3v) is 3.03. The Morgan fingerprint density at radius 2 is 2.12 bits per heavy atom. The second-order valence-corrected chi connectivity index (χ2v) is 4.49. The third-order valence-electron chi connectivity index (χ3n) is 2.66. The maximum absolute atomic E-state index is 11.5. The van der Waals surface area contributed by atoms with E-state index in [1.165, 1.54) is 0 Å². The first-order chi connectivity index (χ1) is 8.13. The van der Waals surface area contributed by atoms with Crippen LogP contribution in [0.25, 0.3) is 0 Å². The Morgan fingerprint density at radius 1 is 1.41 bits per heavy atom. The molecular formula is C13H19ClN2O. The molecule has 1 aromatic carbocycles. The standard InChI is InChI=1S/C13H19ClN2O/c1-10(15-2)9-13(17)16-8-7-11-5-3-4-6-12(11)14/h3-6,10,15H,7-9H2,1-2H3,(H,16,17). The van der Waals surface area contributed by atoms with Crippen molar-refractivity contribution in [3.8, 4) is 0 Å². The quantitative estimate of drug-likeness (QED) is 0.815. The molecular weight excluding hydrogens is 236 g/mol. The summed E-state index contributed by atoms with van der Waals surface area (Å²) in [5.41, 5.74) is 1.07. The number of hydrogen-bond acceptors (Lipinski definition) is 2. The zero-order valence-electron chi connectivity index (χ0n) is 10.3. The molecule has 0 saturated heterocycles. The first-order valence-corrected chi connectivity index (χ1v) is 6.18. The van der Waals surface area contributed by atoms with Crippen LogP contribution in [0, 0.1) is 0 Å². The highest BCUT2D eigenvalue weighted by Gasteiger charge is 2.06. The highest BCUT2D eigenvalue weighted by molar-refractivity contribution is 6.31. The average molecular weight is 255 g/mol. The Labute approximate surface area is 108 Å². The van der Waals surface area contributed by atoms with E-state index in [0.717, 1.165) is 17.0 Å². The first kappa shape index (κ1) is 14.0. The minimum Gasteiger partial charge on any atom is -0.356 e. The molecule has 0 bridgehead atoms. The number of benzene rings is 1. The molecule has 0 saturated carbocycles. The smallest absolute Gasteiger partial charge is 0.221 e. The van der Waals surface area contributed by atoms with Gasteiger partial charge in [0, 0.05) is 24.0 Å². The summed E-state index contributed by atoms with van der Waals surface area (Å²) in [6.45, 7) is 2.60. The molecule has 0 aromatic heterocycles. The van der Waals surface area contributed by atoms with Crippen LogP contribution >= 0.6 is 11.6 Å². The van der Waals surface area contributed by atoms with Gasteiger partial charge in [-0.15, -0.1) is 0 Å². The maximum atomic E-state index is 11.5. The predicted octanol–water partition coefficient (Wildman–Crippen LogP) is 2.00. The summed E-state index contributed by atoms with van der Waals surface area (Å²) in [7, 11) is 1.85. The normalized spacial score (nSPS) is 12.2. The van der Waals surface area contributed by atoms with E-state index >= 15 is 0 Å². The lowest BCUT2D eigenvalue weighted by Crippen LogP contribution is -2.32. The molecule has 4 heteroatoms. The Morgan fingerprint density at radius 3 is 2.76 bits per heavy atom. The van der Waals surface area contributed by atoms with Crippen LogP contribution in [0.1, 0.15) is 18.9 Å². The lowest BCUT2D eigenvalue weighted by molar-refractivity contribution is -0.121. The molecule has 0 aliphatic rings. The first-order valence-electron chi connectivity index (χ1n) is 5.81. The van der Waals surface area contributed by atoms with Crippen molar-refractivity contribution in [3.05, 3.63) is 34.9 Å². The van der Waals surface area contributed by atoms with Crippen molar-refractivity contribution < 1.29 is 4.79 Å². The molecule has 0 radical (unpaired) electrons. The van der Waals surface area contributed by atoms with Gasteiger partial charge >= 0.3 is 0 Å². The zero-order valence-corrected chi connectivity index (χ0v) is 11.1. The van der Waals surface area contributed by atoms with Crippen molar-refractivity contribution in [1.29, 1.82) is 0 Å². The van der Waals surface area contributed by atoms with Crippen molar-refractivity contribution >= 4 is 17.5 Å². The van der Waals surface area contributed by atoms with E-state index in [9.17, 15) is 4.79 Å². The second-order valence-electron chi connectivity index (χ2n) is 4.09. The third kappa shape index (κ3) is 5.20. The number of nitrogens with one attached hydrogen (secondary N) is 2. The summed E-state index contributed by atoms with van der Waals surface area (Å²) in [4.78, 5) is 11.5. The van der Waals surface area contributed by atoms with Crippen molar-refractivity contribution in [2.24, 2.45) is 0 Å². The summed E-state index contributed by atoms with van der Waals surface area (Å²) in [5, 5.41) is 6.67. The fraction of sp³-hybridized carbons (Fsp3) is 0.462. The van der Waals surface area contributed by atoms with E-state index in [1.807, 2.05) is 38.2 Å². The van der Waals surface area contributed by atoms with Crippen LogP contribution in [0.2, 0.25) is 5.02 Å². The van der Waals surface area contributed by atoms with Gasteiger partial charge in [0.25, 0.3) is 0 Å². The topological polar surface area (TPSA) is 41.1 Å². The lowest BCUT2D eigenvalue weighted by atomic mass is 10.1. The van der Waals surface area contributed by atoms with Gasteiger partial charge in [0.05, 0.1) is 0 Å². The molecule has 17 heavy (non-hydrogen) atoms. The molecule has 0 fully saturated rings. The molecule has 1 amide bonds. The number of carbonyl (C=O) groups is 1. The maximum Gasteiger partial charge on any atom is 0.221 e. The Kier molecular flexibility index (Phi) is 6.01. The van der Waals surface area contributed by atoms with E-state index in [2.05, 4.69) is 10.6 Å². The van der Waals surface area contributed by atoms with Gasteiger partial charge in [-0.2, -0.15) is 0 Å². The van der Waals surface area contributed by atoms with Gasteiger partial charge in [-0.05, 0) is 32.0 Å². The van der Waals surface area contributed by atoms with Crippen molar-refractivity contribution in [1.82, 2.24) is 10.6 Å². The average Bonchev–Trinajstić information content (AvgIpc) is 2.31. The van der Waals surface area contributed by atoms with Gasteiger partial charge in [-0.3, -0.25) is 4.79 Å². The summed E-state index contributed by atoms with van der Waals surface area (Å²) in [5.74, 6) is 0.0684. The van der Waals surface area contributed by atoms with Crippen LogP contribution in [0.4, 0.5) is 0 Å². The van der Waals surface area contributed by atoms with Gasteiger partial charge in [-0.1, -0.05) is 29.8 Å². The van der Waals surface area contributed by atoms with Crippen LogP contribution in [0.3, 0.4) is 0 Å². The number of carbonyl (C=O) groups excluding carboxylic acids is 1. The fourth-order valence-corrected chi connectivity index (χ4v) is 1.72. The Bertz CT molecular complexity index is 368. The SMILES string of the molecule is CNC(C)CC(=O)NCCc1ccccc1Cl. The zero-order chi connectivity index (χ0) is 12.7. The summed E-state index contributed by atoms with van der Waals surface area (Å²) >= 11 is 6.02. The van der Waals surface area contributed by atoms with Crippen molar-refractivity contribution in [2.45, 2.75) is 25.8 Å². The van der Waals surface area contributed by atoms with Gasteiger partial charge in [0.2, 0.25) is 5.91 Å². The predicted molar refractivity (Wildman–Crippen MR) is 71.3 cm³/mol. The van der Waals surface area contributed by atoms with Crippen LogP contribution in [-0.2, 0) is 11.2 Å². The van der Waals surface area contributed by atoms with Gasteiger partial charge in [0.15, 0.2) is 0 Å². The Hall–Kier alpha value is -1.06. The number of halogens is 1. The molecule has 2 N–H and O–H groups in total. The molecule has 0 aliphatic carbocycles. The van der Waals surface area contributed by atoms with Gasteiger partial charge in [0.1, 0.15) is 0 Å². The summed E-state index contributed by atoms with van der Waals surface area (Å²) < 4.78 is 0. The minimum atomic E-state index is 0.0684. The van der Waals surface area contributed by atoms with E-state index in [1.54, 1.807) is 0 Å². The largest absolute Gasteiger partial charge is 0.356 e. The molecule has 1 rings (SSSR count). The monoisotopic (exact) mass is 254 g/mol. The molecule has 1 unspecified atom stereocenters. The molecule has 1 aromatic rings. The number of amides is 1. The highest BCUT2D eigenvalue weighted by atomic mass is 35.5. The fourth-order valence-electron chi connectivity index (χ4n) is 1.49. The minimum absolute atomic E-state index is 0.0684. The highest BCUT2D eigenvalue weighted by Crippen LogP contribution is 2.14. The molecule has 0 heterocycles. The van der Waals surface area contributed by atoms with Crippen molar-refractivity contribution in [3.63, 3.8) is 0 Å². The van der Waals surface area contributed by atoms with Crippen LogP contribution in [0.15, 0.2) is 24.3 Å². The van der Waals surface area contributed by atoms with Crippen LogP contribution < -0.4 is 10.6 Å². The molecule has 0 aliphatic heterocycles. The van der Waals surface area contributed by atoms with Crippen LogP contribution in [0.5, 0.6) is 0 Å². The van der Waals surface area contributed by atoms with E-state index < -0.39 is 0 Å². The molecule has 1 atom stereocenters. The summed E-state index contributed by atoms with van der Waals surface area (Å²) in [6, 6.07) is 7.90. The van der Waals surface area contributed by atoms with E-state index in [4.69, 9.17) is 11.6 Å². The Balaban J connectivity index is 2.29. The number of hydrogen-bond donors (Lipinski definition) is 2. The molecule has 3 nitrogen and oxygen atoms in total. The molecule has 94 valence electrons. The van der Waals surface area contributed by atoms with E-state index in [0.29, 0.717) is 13.0 Å². The van der Waals surface area contributed by atoms with Gasteiger partial charge in [-0.25, -0.2) is 0 Å². The van der Waals surface area contributed by atoms with E-state index in [-0.39, 0.29) is 11.9 Å². The lowest BCUT2D eigenvalue weighted by Gasteiger charge is -2.10. The number of rotatable bonds is 6. The second kappa shape index (κ2) is 7.30. The van der Waals surface area contributed by atoms with Gasteiger partial charge < -0.3 is 10.6 Å². The van der Waals surface area contributed by atoms with Crippen molar-refractivity contribution in [2.75, 3.05) is 13.6 Å². The summed E-state index contributed by atoms with van der Waals surface area (Å²) in [6.07, 6.45) is 1.26.